The van der Waals surface area contributed by atoms with Crippen LogP contribution >= 0.6 is 8.17 Å². The number of ether oxygens (including phenoxy) is 1. The number of hydrogen-bond acceptors (Lipinski definition) is 8. The minimum absolute atomic E-state index is 0.0719. The van der Waals surface area contributed by atoms with Crippen LogP contribution in [0, 0.1) is 11.6 Å². The summed E-state index contributed by atoms with van der Waals surface area (Å²) in [6.45, 7) is -0.171. The summed E-state index contributed by atoms with van der Waals surface area (Å²) in [5.41, 5.74) is -1.44. The fraction of sp³-hybridized carbons (Fsp3) is 0.412. The van der Waals surface area contributed by atoms with E-state index in [0.717, 1.165) is 17.9 Å². The van der Waals surface area contributed by atoms with Gasteiger partial charge in [0.1, 0.15) is 25.3 Å². The second kappa shape index (κ2) is 9.29. The van der Waals surface area contributed by atoms with Gasteiger partial charge in [0.05, 0.1) is 12.3 Å². The molecule has 2 aliphatic rings. The van der Waals surface area contributed by atoms with Crippen LogP contribution in [0.4, 0.5) is 8.78 Å². The first kappa shape index (κ1) is 22.5. The van der Waals surface area contributed by atoms with Crippen molar-refractivity contribution in [2.75, 3.05) is 13.7 Å². The van der Waals surface area contributed by atoms with Gasteiger partial charge in [0.15, 0.2) is 5.75 Å². The average Bonchev–Trinajstić information content (AvgIpc) is 3.20. The second-order valence-corrected chi connectivity index (χ2v) is 7.95. The number of aromatic nitrogens is 2. The van der Waals surface area contributed by atoms with Crippen molar-refractivity contribution in [2.24, 2.45) is 0 Å². The van der Waals surface area contributed by atoms with Gasteiger partial charge in [-0.1, -0.05) is 0 Å². The van der Waals surface area contributed by atoms with Gasteiger partial charge < -0.3 is 9.84 Å². The molecule has 3 unspecified atom stereocenters. The first-order valence-electron chi connectivity index (χ1n) is 8.83. The number of hydrogen-bond donors (Lipinski definition) is 3. The van der Waals surface area contributed by atoms with E-state index in [-0.39, 0.29) is 19.0 Å². The van der Waals surface area contributed by atoms with Crippen molar-refractivity contribution < 1.29 is 37.1 Å². The van der Waals surface area contributed by atoms with Crippen LogP contribution in [0.3, 0.4) is 0 Å². The molecule has 1 aromatic heterocycles. The van der Waals surface area contributed by atoms with E-state index in [2.05, 4.69) is 0 Å². The third-order valence-corrected chi connectivity index (χ3v) is 5.72. The minimum atomic E-state index is -3.66. The van der Waals surface area contributed by atoms with Gasteiger partial charge in [0.2, 0.25) is 5.82 Å². The molecule has 3 atom stereocenters. The lowest BCUT2D eigenvalue weighted by Gasteiger charge is -2.22. The molecule has 4 rings (SSSR count). The molecule has 0 amide bonds. The summed E-state index contributed by atoms with van der Waals surface area (Å²) < 4.78 is 49.2. The predicted molar refractivity (Wildman–Crippen MR) is 99.5 cm³/mol. The molecule has 0 saturated carbocycles. The van der Waals surface area contributed by atoms with Gasteiger partial charge in [-0.2, -0.15) is 9.28 Å². The van der Waals surface area contributed by atoms with Gasteiger partial charge >= 0.3 is 13.9 Å². The molecule has 3 N–H and O–H groups in total. The van der Waals surface area contributed by atoms with Crippen molar-refractivity contribution in [3.05, 3.63) is 62.4 Å². The first-order chi connectivity index (χ1) is 14.3. The molecule has 1 aromatic carbocycles. The molecule has 30 heavy (non-hydrogen) atoms. The summed E-state index contributed by atoms with van der Waals surface area (Å²) in [6.07, 6.45) is 0.328. The predicted octanol–water partition coefficient (Wildman–Crippen LogP) is 1.40. The molecule has 0 spiro atoms. The number of rotatable bonds is 4. The third kappa shape index (κ3) is 4.91. The van der Waals surface area contributed by atoms with Crippen LogP contribution in [-0.2, 0) is 20.4 Å². The summed E-state index contributed by atoms with van der Waals surface area (Å²) in [6, 6.07) is 3.81. The Bertz CT molecular complexity index is 1020. The monoisotopic (exact) mass is 449 g/mol. The second-order valence-electron chi connectivity index (χ2n) is 6.31. The van der Waals surface area contributed by atoms with Gasteiger partial charge in [-0.25, -0.2) is 9.18 Å². The van der Waals surface area contributed by atoms with E-state index in [9.17, 15) is 23.3 Å². The summed E-state index contributed by atoms with van der Waals surface area (Å²) in [5, 5.41) is 7.00. The molecule has 13 heteroatoms. The molecule has 0 aliphatic carbocycles. The van der Waals surface area contributed by atoms with Gasteiger partial charge in [0.25, 0.3) is 5.56 Å². The van der Waals surface area contributed by atoms with Gasteiger partial charge in [0, 0.05) is 12.7 Å². The Morgan fingerprint density at radius 1 is 1.30 bits per heavy atom. The van der Waals surface area contributed by atoms with Crippen molar-refractivity contribution in [3.63, 3.8) is 0 Å². The number of halogens is 2. The number of benzene rings is 1. The molecule has 3 heterocycles. The lowest BCUT2D eigenvalue weighted by molar-refractivity contribution is -0.0305. The van der Waals surface area contributed by atoms with Crippen molar-refractivity contribution in [2.45, 2.75) is 31.8 Å². The van der Waals surface area contributed by atoms with Crippen LogP contribution in [0.25, 0.3) is 0 Å². The van der Waals surface area contributed by atoms with Crippen LogP contribution in [0.5, 0.6) is 5.75 Å². The Hall–Kier alpha value is -2.21. The fourth-order valence-electron chi connectivity index (χ4n) is 2.98. The highest BCUT2D eigenvalue weighted by Crippen LogP contribution is 2.61. The molecular formula is C17H20F2N2O8P+. The number of nitrogens with one attached hydrogen (secondary N) is 1. The molecule has 1 fully saturated rings. The largest absolute Gasteiger partial charge is 0.619 e. The number of aliphatic hydroxyl groups excluding tert-OH is 1. The highest BCUT2D eigenvalue weighted by Gasteiger charge is 2.51. The van der Waals surface area contributed by atoms with E-state index in [4.69, 9.17) is 23.4 Å². The van der Waals surface area contributed by atoms with Crippen LogP contribution in [0.15, 0.2) is 34.0 Å². The Morgan fingerprint density at radius 2 is 2.07 bits per heavy atom. The molecule has 0 radical (unpaired) electrons. The lowest BCUT2D eigenvalue weighted by Crippen LogP contribution is -2.34. The smallest absolute Gasteiger partial charge is 0.400 e. The van der Waals surface area contributed by atoms with Crippen molar-refractivity contribution in [1.82, 2.24) is 9.55 Å². The highest BCUT2D eigenvalue weighted by atomic mass is 31.2. The standard InChI is InChI=1S/C16H15F2N2O7P.CH4O/c17-10-1-3-13-9(5-10)7-24-28(23,27-13)25-8-11-2-4-14(26-11)20-6-12(18)15(21)19-16(20)22;1-2/h1,3,5-6,11,14,23H,2,4,7-8H2;2H,1H3/p+1. The number of fused-ring (bicyclic) bond motifs is 1. The zero-order valence-corrected chi connectivity index (χ0v) is 16.7. The Kier molecular flexibility index (Phi) is 6.96. The van der Waals surface area contributed by atoms with E-state index in [0.29, 0.717) is 18.4 Å². The van der Waals surface area contributed by atoms with Crippen LogP contribution < -0.4 is 15.8 Å². The zero-order chi connectivity index (χ0) is 21.9. The summed E-state index contributed by atoms with van der Waals surface area (Å²) >= 11 is 0. The Balaban J connectivity index is 0.00000124. The van der Waals surface area contributed by atoms with Crippen molar-refractivity contribution in [3.8, 4) is 5.75 Å². The Labute approximate surface area is 169 Å². The maximum absolute atomic E-state index is 13.4. The van der Waals surface area contributed by atoms with Gasteiger partial charge in [-0.15, -0.1) is 9.05 Å². The SMILES string of the molecule is CO.O=c1[nH]c(=O)n(C2CCC(CO[P+]3(O)OCc4cc(F)ccc4O3)O2)cc1F. The van der Waals surface area contributed by atoms with Crippen molar-refractivity contribution >= 4 is 8.17 Å². The van der Waals surface area contributed by atoms with Crippen molar-refractivity contribution in [1.29, 1.82) is 0 Å². The number of aliphatic hydroxyl groups is 1. The van der Waals surface area contributed by atoms with Crippen LogP contribution in [-0.4, -0.2) is 39.4 Å². The Morgan fingerprint density at radius 3 is 2.83 bits per heavy atom. The number of nitrogens with zero attached hydrogens (tertiary/aromatic N) is 1. The van der Waals surface area contributed by atoms with E-state index in [1.54, 1.807) is 0 Å². The minimum Gasteiger partial charge on any atom is -0.400 e. The van der Waals surface area contributed by atoms with Gasteiger partial charge in [-0.3, -0.25) is 18.9 Å². The first-order valence-corrected chi connectivity index (χ1v) is 10.3. The summed E-state index contributed by atoms with van der Waals surface area (Å²) in [4.78, 5) is 35.2. The van der Waals surface area contributed by atoms with Crippen LogP contribution in [0.2, 0.25) is 0 Å². The molecular weight excluding hydrogens is 429 g/mol. The maximum atomic E-state index is 13.4. The van der Waals surface area contributed by atoms with E-state index >= 15 is 0 Å². The normalized spacial score (nSPS) is 25.1. The zero-order valence-electron chi connectivity index (χ0n) is 15.8. The van der Waals surface area contributed by atoms with E-state index in [1.807, 2.05) is 4.98 Å². The quantitative estimate of drug-likeness (QED) is 0.597. The van der Waals surface area contributed by atoms with Crippen LogP contribution in [0.1, 0.15) is 24.6 Å². The molecule has 2 aromatic rings. The lowest BCUT2D eigenvalue weighted by atomic mass is 10.2. The van der Waals surface area contributed by atoms with E-state index < -0.39 is 43.4 Å². The third-order valence-electron chi connectivity index (χ3n) is 4.36. The summed E-state index contributed by atoms with van der Waals surface area (Å²) in [5.74, 6) is -1.28. The molecule has 164 valence electrons. The topological polar surface area (TPSA) is 132 Å². The van der Waals surface area contributed by atoms with Gasteiger partial charge in [-0.05, 0) is 31.0 Å². The molecule has 1 saturated heterocycles. The number of aromatic amines is 1. The maximum Gasteiger partial charge on any atom is 0.619 e. The molecule has 0 bridgehead atoms. The molecule has 2 aliphatic heterocycles. The number of H-pyrrole nitrogens is 1. The summed E-state index contributed by atoms with van der Waals surface area (Å²) in [7, 11) is -2.66. The average molecular weight is 449 g/mol. The van der Waals surface area contributed by atoms with E-state index in [1.165, 1.54) is 18.2 Å². The molecule has 10 nitrogen and oxygen atoms in total. The highest BCUT2D eigenvalue weighted by molar-refractivity contribution is 7.55. The fourth-order valence-corrected chi connectivity index (χ4v) is 4.24.